The molecule has 4 aromatic rings. The summed E-state index contributed by atoms with van der Waals surface area (Å²) in [7, 11) is 0. The quantitative estimate of drug-likeness (QED) is 0.200. The van der Waals surface area contributed by atoms with E-state index in [9.17, 15) is 0 Å². The molecule has 0 aromatic heterocycles. The Bertz CT molecular complexity index is 967. The van der Waals surface area contributed by atoms with Crippen molar-refractivity contribution in [3.8, 4) is 0 Å². The Morgan fingerprint density at radius 2 is 0.868 bits per heavy atom. The van der Waals surface area contributed by atoms with Gasteiger partial charge in [-0.1, -0.05) is 171 Å². The molecule has 0 aliphatic carbocycles. The van der Waals surface area contributed by atoms with Crippen molar-refractivity contribution >= 4 is 15.9 Å². The van der Waals surface area contributed by atoms with Crippen LogP contribution in [0, 0.1) is 0 Å². The maximum atomic E-state index is 3.36. The van der Waals surface area contributed by atoms with Gasteiger partial charge in [0.15, 0.2) is 0 Å². The number of hydrogen-bond acceptors (Lipinski definition) is 2. The largest absolute Gasteiger partial charge is 0.313 e. The molecule has 0 bridgehead atoms. The standard InChI is InChI=1S/C16H19N.C9H13N.C7H7Br.C3H8/c1-2-17(13-15-9-5-3-6-10-15)14-16-11-7-4-8-12-16;1-2-10-8-9-6-4-3-5-7-9;8-6-7-4-2-1-3-5-7;1-3-2/h3-12H,2,13-14H2,1H3;3-7,10H,2,8H2,1H3;1-5H,6H2;3H2,1-2H3. The molecule has 2 nitrogen and oxygen atoms in total. The summed E-state index contributed by atoms with van der Waals surface area (Å²) in [6.07, 6.45) is 1.25. The third-order valence-electron chi connectivity index (χ3n) is 5.36. The first-order chi connectivity index (χ1) is 18.7. The molecule has 0 radical (unpaired) electrons. The highest BCUT2D eigenvalue weighted by Gasteiger charge is 2.04. The van der Waals surface area contributed by atoms with E-state index in [1.165, 1.54) is 28.7 Å². The van der Waals surface area contributed by atoms with Gasteiger partial charge in [0, 0.05) is 25.0 Å². The van der Waals surface area contributed by atoms with Crippen LogP contribution in [0.5, 0.6) is 0 Å². The normalized spacial score (nSPS) is 9.74. The number of rotatable bonds is 9. The van der Waals surface area contributed by atoms with Gasteiger partial charge in [-0.25, -0.2) is 0 Å². The van der Waals surface area contributed by atoms with Crippen LogP contribution in [0.15, 0.2) is 121 Å². The zero-order valence-electron chi connectivity index (χ0n) is 23.8. The van der Waals surface area contributed by atoms with E-state index in [1.807, 2.05) is 24.3 Å². The average molecular weight is 576 g/mol. The van der Waals surface area contributed by atoms with E-state index in [-0.39, 0.29) is 0 Å². The van der Waals surface area contributed by atoms with Gasteiger partial charge in [0.2, 0.25) is 0 Å². The van der Waals surface area contributed by atoms with Gasteiger partial charge < -0.3 is 5.32 Å². The molecule has 0 heterocycles. The van der Waals surface area contributed by atoms with Crippen LogP contribution >= 0.6 is 15.9 Å². The third kappa shape index (κ3) is 16.9. The van der Waals surface area contributed by atoms with Crippen LogP contribution in [0.1, 0.15) is 56.4 Å². The van der Waals surface area contributed by atoms with Gasteiger partial charge in [0.25, 0.3) is 0 Å². The van der Waals surface area contributed by atoms with E-state index in [4.69, 9.17) is 0 Å². The van der Waals surface area contributed by atoms with Crippen molar-refractivity contribution in [2.24, 2.45) is 0 Å². The first-order valence-electron chi connectivity index (χ1n) is 13.8. The Hall–Kier alpha value is -2.72. The monoisotopic (exact) mass is 574 g/mol. The summed E-state index contributed by atoms with van der Waals surface area (Å²) in [5.41, 5.74) is 5.44. The fourth-order valence-electron chi connectivity index (χ4n) is 3.40. The van der Waals surface area contributed by atoms with Crippen LogP contribution < -0.4 is 5.32 Å². The highest BCUT2D eigenvalue weighted by atomic mass is 79.9. The summed E-state index contributed by atoms with van der Waals surface area (Å²) in [5, 5.41) is 4.22. The van der Waals surface area contributed by atoms with Crippen molar-refractivity contribution in [1.82, 2.24) is 10.2 Å². The fourth-order valence-corrected chi connectivity index (χ4v) is 3.77. The SMILES string of the molecule is BrCc1ccccc1.CCC.CCN(Cc1ccccc1)Cc1ccccc1.CCNCc1ccccc1. The Morgan fingerprint density at radius 3 is 1.16 bits per heavy atom. The lowest BCUT2D eigenvalue weighted by Crippen LogP contribution is -2.22. The maximum absolute atomic E-state index is 3.36. The van der Waals surface area contributed by atoms with E-state index < -0.39 is 0 Å². The van der Waals surface area contributed by atoms with Gasteiger partial charge >= 0.3 is 0 Å². The number of halogens is 1. The van der Waals surface area contributed by atoms with Gasteiger partial charge in [-0.15, -0.1) is 0 Å². The summed E-state index contributed by atoms with van der Waals surface area (Å²) >= 11 is 3.36. The second-order valence-corrected chi connectivity index (χ2v) is 9.43. The second-order valence-electron chi connectivity index (χ2n) is 8.87. The van der Waals surface area contributed by atoms with Crippen molar-refractivity contribution in [1.29, 1.82) is 0 Å². The van der Waals surface area contributed by atoms with Gasteiger partial charge in [0.05, 0.1) is 0 Å². The van der Waals surface area contributed by atoms with Crippen LogP contribution in [0.2, 0.25) is 0 Å². The Labute approximate surface area is 241 Å². The summed E-state index contributed by atoms with van der Waals surface area (Å²) < 4.78 is 0. The second kappa shape index (κ2) is 23.4. The van der Waals surface area contributed by atoms with E-state index in [0.29, 0.717) is 0 Å². The van der Waals surface area contributed by atoms with Crippen LogP contribution in [0.3, 0.4) is 0 Å². The lowest BCUT2D eigenvalue weighted by atomic mass is 10.2. The molecular weight excluding hydrogens is 528 g/mol. The van der Waals surface area contributed by atoms with Gasteiger partial charge in [-0.2, -0.15) is 0 Å². The molecule has 0 amide bonds. The van der Waals surface area contributed by atoms with Crippen molar-refractivity contribution in [3.63, 3.8) is 0 Å². The molecule has 3 heteroatoms. The van der Waals surface area contributed by atoms with Gasteiger partial charge in [-0.05, 0) is 35.3 Å². The van der Waals surface area contributed by atoms with Crippen LogP contribution in [0.4, 0.5) is 0 Å². The summed E-state index contributed by atoms with van der Waals surface area (Å²) in [6.45, 7) is 13.7. The molecule has 0 unspecified atom stereocenters. The molecule has 0 saturated heterocycles. The smallest absolute Gasteiger partial charge is 0.0283 e. The topological polar surface area (TPSA) is 15.3 Å². The molecule has 4 aromatic carbocycles. The lowest BCUT2D eigenvalue weighted by molar-refractivity contribution is 0.271. The Morgan fingerprint density at radius 1 is 0.526 bits per heavy atom. The predicted molar refractivity (Wildman–Crippen MR) is 172 cm³/mol. The average Bonchev–Trinajstić information content (AvgIpc) is 2.99. The highest BCUT2D eigenvalue weighted by molar-refractivity contribution is 9.08. The Balaban J connectivity index is 0.000000292. The van der Waals surface area contributed by atoms with Crippen molar-refractivity contribution in [2.75, 3.05) is 13.1 Å². The summed E-state index contributed by atoms with van der Waals surface area (Å²) in [6, 6.07) is 42.0. The minimum atomic E-state index is 0.952. The molecular formula is C35H47BrN2. The van der Waals surface area contributed by atoms with E-state index in [1.54, 1.807) is 0 Å². The number of benzene rings is 4. The van der Waals surface area contributed by atoms with Crippen LogP contribution in [-0.4, -0.2) is 18.0 Å². The molecule has 0 fully saturated rings. The number of alkyl halides is 1. The minimum Gasteiger partial charge on any atom is -0.313 e. The molecule has 0 aliphatic rings. The molecule has 0 atom stereocenters. The van der Waals surface area contributed by atoms with Gasteiger partial charge in [0.1, 0.15) is 0 Å². The molecule has 1 N–H and O–H groups in total. The van der Waals surface area contributed by atoms with Crippen LogP contribution in [-0.2, 0) is 25.0 Å². The predicted octanol–water partition coefficient (Wildman–Crippen LogP) is 9.50. The first kappa shape index (κ1) is 33.3. The van der Waals surface area contributed by atoms with Crippen molar-refractivity contribution < 1.29 is 0 Å². The molecule has 204 valence electrons. The third-order valence-corrected chi connectivity index (χ3v) is 6.01. The summed E-state index contributed by atoms with van der Waals surface area (Å²) in [5.74, 6) is 0. The number of hydrogen-bond donors (Lipinski definition) is 1. The zero-order chi connectivity index (χ0) is 27.7. The zero-order valence-corrected chi connectivity index (χ0v) is 25.4. The fraction of sp³-hybridized carbons (Fsp3) is 0.314. The molecule has 38 heavy (non-hydrogen) atoms. The molecule has 4 rings (SSSR count). The molecule has 0 aliphatic heterocycles. The maximum Gasteiger partial charge on any atom is 0.0283 e. The van der Waals surface area contributed by atoms with Crippen molar-refractivity contribution in [2.45, 2.75) is 59.1 Å². The van der Waals surface area contributed by atoms with E-state index in [0.717, 1.165) is 38.1 Å². The Kier molecular flexibility index (Phi) is 20.5. The lowest BCUT2D eigenvalue weighted by Gasteiger charge is -2.20. The highest BCUT2D eigenvalue weighted by Crippen LogP contribution is 2.09. The molecule has 0 saturated carbocycles. The van der Waals surface area contributed by atoms with E-state index >= 15 is 0 Å². The van der Waals surface area contributed by atoms with Crippen molar-refractivity contribution in [3.05, 3.63) is 144 Å². The molecule has 0 spiro atoms. The minimum absolute atomic E-state index is 0.952. The van der Waals surface area contributed by atoms with E-state index in [2.05, 4.69) is 151 Å². The summed E-state index contributed by atoms with van der Waals surface area (Å²) in [4.78, 5) is 2.45. The first-order valence-corrected chi connectivity index (χ1v) is 14.9. The van der Waals surface area contributed by atoms with Gasteiger partial charge in [-0.3, -0.25) is 4.90 Å². The number of nitrogens with one attached hydrogen (secondary N) is 1. The van der Waals surface area contributed by atoms with Crippen LogP contribution in [0.25, 0.3) is 0 Å². The number of nitrogens with zero attached hydrogens (tertiary/aromatic N) is 1.